The van der Waals surface area contributed by atoms with Crippen LogP contribution in [0.1, 0.15) is 42.6 Å². The van der Waals surface area contributed by atoms with E-state index in [1.165, 1.54) is 0 Å². The number of carbonyl (C=O) groups excluding carboxylic acids is 3. The maximum atomic E-state index is 12.8. The summed E-state index contributed by atoms with van der Waals surface area (Å²) >= 11 is 0. The van der Waals surface area contributed by atoms with Gasteiger partial charge in [0.05, 0.1) is 22.7 Å². The number of nitrogens with zero attached hydrogens (tertiary/aromatic N) is 4. The first-order valence-corrected chi connectivity index (χ1v) is 10.6. The minimum absolute atomic E-state index is 0.000599. The molecule has 0 aliphatic heterocycles. The van der Waals surface area contributed by atoms with Gasteiger partial charge in [0.1, 0.15) is 0 Å². The number of hydrogen-bond donors (Lipinski definition) is 2. The highest BCUT2D eigenvalue weighted by atomic mass is 16.2. The summed E-state index contributed by atoms with van der Waals surface area (Å²) in [6, 6.07) is 13.6. The standard InChI is InChI=1S/C24H26N6O3/c1-4-15(2)23(33)29(3)18-9-10-20-19(13-18)27-24(30(20)12-11-21(26)31)28-22(32)17-7-5-16(14-25)6-8-17/h5-10,13,15H,4,11-12H2,1-3H3,(H2,26,31)(H,27,28,32). The van der Waals surface area contributed by atoms with Gasteiger partial charge in [0, 0.05) is 37.2 Å². The van der Waals surface area contributed by atoms with E-state index in [9.17, 15) is 14.4 Å². The van der Waals surface area contributed by atoms with Gasteiger partial charge in [-0.15, -0.1) is 0 Å². The number of nitrogens with one attached hydrogen (secondary N) is 1. The number of amides is 3. The third-order valence-corrected chi connectivity index (χ3v) is 5.57. The lowest BCUT2D eigenvalue weighted by Gasteiger charge is -2.20. The summed E-state index contributed by atoms with van der Waals surface area (Å²) < 4.78 is 1.71. The Morgan fingerprint density at radius 3 is 2.52 bits per heavy atom. The summed E-state index contributed by atoms with van der Waals surface area (Å²) in [5.74, 6) is -0.731. The van der Waals surface area contributed by atoms with Crippen LogP contribution in [0.3, 0.4) is 0 Å². The summed E-state index contributed by atoms with van der Waals surface area (Å²) in [6.45, 7) is 4.07. The first-order valence-electron chi connectivity index (χ1n) is 10.6. The van der Waals surface area contributed by atoms with E-state index in [2.05, 4.69) is 10.3 Å². The van der Waals surface area contributed by atoms with Crippen molar-refractivity contribution in [3.05, 3.63) is 53.6 Å². The van der Waals surface area contributed by atoms with Gasteiger partial charge in [-0.1, -0.05) is 13.8 Å². The first-order chi connectivity index (χ1) is 15.7. The lowest BCUT2D eigenvalue weighted by molar-refractivity contribution is -0.121. The summed E-state index contributed by atoms with van der Waals surface area (Å²) in [5, 5.41) is 11.7. The molecule has 33 heavy (non-hydrogen) atoms. The minimum atomic E-state index is -0.475. The lowest BCUT2D eigenvalue weighted by atomic mass is 10.1. The van der Waals surface area contributed by atoms with E-state index in [4.69, 9.17) is 11.0 Å². The second-order valence-corrected chi connectivity index (χ2v) is 7.83. The van der Waals surface area contributed by atoms with Gasteiger partial charge in [0.15, 0.2) is 0 Å². The van der Waals surface area contributed by atoms with E-state index in [1.807, 2.05) is 19.9 Å². The summed E-state index contributed by atoms with van der Waals surface area (Å²) in [7, 11) is 1.72. The van der Waals surface area contributed by atoms with Gasteiger partial charge < -0.3 is 15.2 Å². The largest absolute Gasteiger partial charge is 0.370 e. The van der Waals surface area contributed by atoms with E-state index in [1.54, 1.807) is 59.0 Å². The van der Waals surface area contributed by atoms with Gasteiger partial charge >= 0.3 is 0 Å². The fourth-order valence-corrected chi connectivity index (χ4v) is 3.37. The van der Waals surface area contributed by atoms with Crippen molar-refractivity contribution in [1.82, 2.24) is 9.55 Å². The Hall–Kier alpha value is -4.19. The Labute approximate surface area is 191 Å². The second-order valence-electron chi connectivity index (χ2n) is 7.83. The van der Waals surface area contributed by atoms with Crippen LogP contribution in [0.2, 0.25) is 0 Å². The summed E-state index contributed by atoms with van der Waals surface area (Å²) in [5.41, 5.74) is 8.08. The van der Waals surface area contributed by atoms with Crippen LogP contribution in [-0.4, -0.2) is 34.3 Å². The number of benzene rings is 2. The third-order valence-electron chi connectivity index (χ3n) is 5.57. The van der Waals surface area contributed by atoms with Crippen molar-refractivity contribution in [1.29, 1.82) is 5.26 Å². The molecule has 9 nitrogen and oxygen atoms in total. The monoisotopic (exact) mass is 446 g/mol. The van der Waals surface area contributed by atoms with Crippen molar-refractivity contribution >= 4 is 40.4 Å². The van der Waals surface area contributed by atoms with Crippen molar-refractivity contribution in [3.63, 3.8) is 0 Å². The number of aryl methyl sites for hydroxylation is 1. The number of nitrogens with two attached hydrogens (primary N) is 1. The predicted octanol–water partition coefficient (Wildman–Crippen LogP) is 3.04. The van der Waals surface area contributed by atoms with Crippen LogP contribution in [0.5, 0.6) is 0 Å². The SMILES string of the molecule is CCC(C)C(=O)N(C)c1ccc2c(c1)nc(NC(=O)c1ccc(C#N)cc1)n2CCC(N)=O. The Bertz CT molecular complexity index is 1240. The van der Waals surface area contributed by atoms with Crippen LogP contribution in [0.25, 0.3) is 11.0 Å². The van der Waals surface area contributed by atoms with Gasteiger partial charge in [-0.3, -0.25) is 19.7 Å². The molecule has 1 atom stereocenters. The van der Waals surface area contributed by atoms with Crippen LogP contribution in [0.4, 0.5) is 11.6 Å². The fraction of sp³-hybridized carbons (Fsp3) is 0.292. The average Bonchev–Trinajstić information content (AvgIpc) is 3.16. The molecule has 1 unspecified atom stereocenters. The van der Waals surface area contributed by atoms with Crippen molar-refractivity contribution < 1.29 is 14.4 Å². The average molecular weight is 447 g/mol. The maximum Gasteiger partial charge on any atom is 0.257 e. The highest BCUT2D eigenvalue weighted by molar-refractivity contribution is 6.04. The van der Waals surface area contributed by atoms with Crippen LogP contribution < -0.4 is 16.0 Å². The van der Waals surface area contributed by atoms with Gasteiger partial charge in [0.25, 0.3) is 5.91 Å². The number of nitriles is 1. The molecule has 0 bridgehead atoms. The van der Waals surface area contributed by atoms with Crippen molar-refractivity contribution in [3.8, 4) is 6.07 Å². The molecule has 3 amide bonds. The quantitative estimate of drug-likeness (QED) is 0.548. The Morgan fingerprint density at radius 2 is 1.91 bits per heavy atom. The molecule has 3 N–H and O–H groups in total. The van der Waals surface area contributed by atoms with Gasteiger partial charge in [-0.25, -0.2) is 4.98 Å². The molecule has 2 aromatic carbocycles. The molecule has 0 radical (unpaired) electrons. The van der Waals surface area contributed by atoms with E-state index in [-0.39, 0.29) is 30.7 Å². The molecule has 0 saturated heterocycles. The van der Waals surface area contributed by atoms with Crippen molar-refractivity contribution in [2.75, 3.05) is 17.3 Å². The highest BCUT2D eigenvalue weighted by Gasteiger charge is 2.20. The first kappa shape index (κ1) is 23.5. The van der Waals surface area contributed by atoms with E-state index in [0.29, 0.717) is 27.8 Å². The van der Waals surface area contributed by atoms with E-state index in [0.717, 1.165) is 6.42 Å². The van der Waals surface area contributed by atoms with Crippen molar-refractivity contribution in [2.24, 2.45) is 11.7 Å². The summed E-state index contributed by atoms with van der Waals surface area (Å²) in [4.78, 5) is 42.9. The number of anilines is 2. The van der Waals surface area contributed by atoms with Gasteiger partial charge in [-0.2, -0.15) is 5.26 Å². The summed E-state index contributed by atoms with van der Waals surface area (Å²) in [6.07, 6.45) is 0.804. The van der Waals surface area contributed by atoms with Crippen LogP contribution in [0, 0.1) is 17.2 Å². The number of hydrogen-bond acceptors (Lipinski definition) is 5. The minimum Gasteiger partial charge on any atom is -0.370 e. The molecule has 0 aliphatic carbocycles. The van der Waals surface area contributed by atoms with Crippen LogP contribution in [-0.2, 0) is 16.1 Å². The molecule has 9 heteroatoms. The van der Waals surface area contributed by atoms with Gasteiger partial charge in [0.2, 0.25) is 17.8 Å². The van der Waals surface area contributed by atoms with E-state index < -0.39 is 11.8 Å². The number of rotatable bonds is 8. The number of primary amides is 1. The Balaban J connectivity index is 1.96. The molecule has 0 aliphatic rings. The molecule has 1 heterocycles. The molecule has 0 fully saturated rings. The normalized spacial score (nSPS) is 11.6. The highest BCUT2D eigenvalue weighted by Crippen LogP contribution is 2.26. The zero-order chi connectivity index (χ0) is 24.1. The third kappa shape index (κ3) is 5.18. The van der Waals surface area contributed by atoms with Gasteiger partial charge in [-0.05, 0) is 48.9 Å². The molecular weight excluding hydrogens is 420 g/mol. The molecule has 1 aromatic heterocycles. The molecule has 170 valence electrons. The molecule has 3 rings (SSSR count). The second kappa shape index (κ2) is 9.96. The number of imidazole rings is 1. The molecule has 0 spiro atoms. The number of fused-ring (bicyclic) bond motifs is 1. The van der Waals surface area contributed by atoms with Crippen LogP contribution >= 0.6 is 0 Å². The molecule has 0 saturated carbocycles. The van der Waals surface area contributed by atoms with Crippen molar-refractivity contribution in [2.45, 2.75) is 33.2 Å². The van der Waals surface area contributed by atoms with E-state index >= 15 is 0 Å². The Morgan fingerprint density at radius 1 is 1.21 bits per heavy atom. The molecular formula is C24H26N6O3. The predicted molar refractivity (Wildman–Crippen MR) is 126 cm³/mol. The fourth-order valence-electron chi connectivity index (χ4n) is 3.37. The smallest absolute Gasteiger partial charge is 0.257 e. The number of carbonyl (C=O) groups is 3. The maximum absolute atomic E-state index is 12.8. The number of aromatic nitrogens is 2. The Kier molecular flexibility index (Phi) is 7.08. The zero-order valence-electron chi connectivity index (χ0n) is 18.8. The molecule has 3 aromatic rings. The zero-order valence-corrected chi connectivity index (χ0v) is 18.8. The lowest BCUT2D eigenvalue weighted by Crippen LogP contribution is -2.31. The van der Waals surface area contributed by atoms with Crippen LogP contribution in [0.15, 0.2) is 42.5 Å². The topological polar surface area (TPSA) is 134 Å².